The lowest BCUT2D eigenvalue weighted by atomic mass is 9.96. The second-order valence-corrected chi connectivity index (χ2v) is 6.73. The SMILES string of the molecule is COc1ccc(C(=O)N2CCCC(c3nn(-c4ccccn4)c(=O)[nH]3)C2)cc1. The van der Waals surface area contributed by atoms with E-state index in [4.69, 9.17) is 4.74 Å². The quantitative estimate of drug-likeness (QED) is 0.748. The molecule has 0 saturated carbocycles. The number of likely N-dealkylation sites (tertiary alicyclic amines) is 1. The summed E-state index contributed by atoms with van der Waals surface area (Å²) in [6, 6.07) is 12.4. The lowest BCUT2D eigenvalue weighted by Gasteiger charge is -2.31. The number of aromatic amines is 1. The van der Waals surface area contributed by atoms with Crippen LogP contribution in [0.4, 0.5) is 0 Å². The van der Waals surface area contributed by atoms with Crippen molar-refractivity contribution in [1.29, 1.82) is 0 Å². The molecule has 28 heavy (non-hydrogen) atoms. The van der Waals surface area contributed by atoms with Crippen LogP contribution >= 0.6 is 0 Å². The Morgan fingerprint density at radius 2 is 2.04 bits per heavy atom. The summed E-state index contributed by atoms with van der Waals surface area (Å²) in [5.41, 5.74) is 0.293. The molecule has 1 aliphatic rings. The molecular formula is C20H21N5O3. The Morgan fingerprint density at radius 1 is 1.21 bits per heavy atom. The van der Waals surface area contributed by atoms with Gasteiger partial charge in [-0.15, -0.1) is 5.10 Å². The van der Waals surface area contributed by atoms with Crippen LogP contribution in [-0.2, 0) is 0 Å². The number of nitrogens with zero attached hydrogens (tertiary/aromatic N) is 4. The number of methoxy groups -OCH3 is 1. The smallest absolute Gasteiger partial charge is 0.349 e. The van der Waals surface area contributed by atoms with E-state index in [9.17, 15) is 9.59 Å². The number of amides is 1. The molecule has 1 aromatic carbocycles. The second-order valence-electron chi connectivity index (χ2n) is 6.73. The Hall–Kier alpha value is -3.42. The molecule has 8 nitrogen and oxygen atoms in total. The first-order chi connectivity index (χ1) is 13.7. The zero-order valence-corrected chi connectivity index (χ0v) is 15.5. The van der Waals surface area contributed by atoms with Crippen LogP contribution in [-0.4, -0.2) is 50.8 Å². The number of aromatic nitrogens is 4. The van der Waals surface area contributed by atoms with Gasteiger partial charge in [-0.25, -0.2) is 9.78 Å². The van der Waals surface area contributed by atoms with Gasteiger partial charge in [-0.1, -0.05) is 6.07 Å². The molecule has 0 bridgehead atoms. The van der Waals surface area contributed by atoms with Crippen molar-refractivity contribution in [1.82, 2.24) is 24.6 Å². The fourth-order valence-corrected chi connectivity index (χ4v) is 3.46. The van der Waals surface area contributed by atoms with Crippen LogP contribution in [0.25, 0.3) is 5.82 Å². The Balaban J connectivity index is 1.52. The maximum Gasteiger partial charge on any atom is 0.349 e. The van der Waals surface area contributed by atoms with Crippen LogP contribution in [0.1, 0.15) is 34.9 Å². The van der Waals surface area contributed by atoms with Gasteiger partial charge in [0.05, 0.1) is 7.11 Å². The molecule has 3 aromatic rings. The molecule has 4 rings (SSSR count). The largest absolute Gasteiger partial charge is 0.497 e. The predicted molar refractivity (Wildman–Crippen MR) is 103 cm³/mol. The van der Waals surface area contributed by atoms with Crippen LogP contribution in [0.3, 0.4) is 0 Å². The molecule has 1 aliphatic heterocycles. The van der Waals surface area contributed by atoms with Gasteiger partial charge < -0.3 is 9.64 Å². The minimum atomic E-state index is -0.327. The van der Waals surface area contributed by atoms with E-state index in [2.05, 4.69) is 15.1 Å². The number of benzene rings is 1. The van der Waals surface area contributed by atoms with Gasteiger partial charge in [0.1, 0.15) is 11.6 Å². The number of carbonyl (C=O) groups is 1. The lowest BCUT2D eigenvalue weighted by molar-refractivity contribution is 0.0704. The van der Waals surface area contributed by atoms with Crippen molar-refractivity contribution in [2.24, 2.45) is 0 Å². The van der Waals surface area contributed by atoms with Gasteiger partial charge in [-0.3, -0.25) is 9.78 Å². The number of hydrogen-bond acceptors (Lipinski definition) is 5. The molecule has 1 N–H and O–H groups in total. The van der Waals surface area contributed by atoms with E-state index in [0.29, 0.717) is 36.0 Å². The highest BCUT2D eigenvalue weighted by Gasteiger charge is 2.28. The summed E-state index contributed by atoms with van der Waals surface area (Å²) in [6.45, 7) is 1.20. The standard InChI is InChI=1S/C20H21N5O3/c1-28-16-9-7-14(8-10-16)19(26)24-12-4-5-15(13-24)18-22-20(27)25(23-18)17-6-2-3-11-21-17/h2-3,6-11,15H,4-5,12-13H2,1H3,(H,22,23,27). The number of nitrogens with one attached hydrogen (secondary N) is 1. The van der Waals surface area contributed by atoms with Crippen molar-refractivity contribution in [3.05, 3.63) is 70.5 Å². The Morgan fingerprint density at radius 3 is 2.75 bits per heavy atom. The van der Waals surface area contributed by atoms with Crippen molar-refractivity contribution in [3.8, 4) is 11.6 Å². The topological polar surface area (TPSA) is 93.1 Å². The predicted octanol–water partition coefficient (Wildman–Crippen LogP) is 1.98. The number of carbonyl (C=O) groups excluding carboxylic acids is 1. The third kappa shape index (κ3) is 3.53. The molecule has 1 unspecified atom stereocenters. The molecule has 0 aliphatic carbocycles. The molecule has 1 saturated heterocycles. The van der Waals surface area contributed by atoms with E-state index in [1.54, 1.807) is 55.8 Å². The number of rotatable bonds is 4. The normalized spacial score (nSPS) is 16.8. The Kier molecular flexibility index (Phi) is 4.92. The summed E-state index contributed by atoms with van der Waals surface area (Å²) in [6.07, 6.45) is 3.33. The molecule has 0 radical (unpaired) electrons. The average molecular weight is 379 g/mol. The summed E-state index contributed by atoms with van der Waals surface area (Å²) in [4.78, 5) is 34.0. The average Bonchev–Trinajstić information content (AvgIpc) is 3.16. The minimum Gasteiger partial charge on any atom is -0.497 e. The first-order valence-electron chi connectivity index (χ1n) is 9.19. The summed E-state index contributed by atoms with van der Waals surface area (Å²) in [5.74, 6) is 1.72. The molecule has 1 fully saturated rings. The van der Waals surface area contributed by atoms with Crippen LogP contribution < -0.4 is 10.4 Å². The zero-order chi connectivity index (χ0) is 19.5. The fraction of sp³-hybridized carbons (Fsp3) is 0.300. The number of ether oxygens (including phenoxy) is 1. The lowest BCUT2D eigenvalue weighted by Crippen LogP contribution is -2.39. The molecular weight excluding hydrogens is 358 g/mol. The van der Waals surface area contributed by atoms with Crippen molar-refractivity contribution in [3.63, 3.8) is 0 Å². The van der Waals surface area contributed by atoms with Gasteiger partial charge in [0, 0.05) is 30.8 Å². The van der Waals surface area contributed by atoms with Crippen molar-refractivity contribution in [2.75, 3.05) is 20.2 Å². The molecule has 0 spiro atoms. The molecule has 2 aromatic heterocycles. The summed E-state index contributed by atoms with van der Waals surface area (Å²) >= 11 is 0. The van der Waals surface area contributed by atoms with Crippen LogP contribution in [0.2, 0.25) is 0 Å². The number of hydrogen-bond donors (Lipinski definition) is 1. The zero-order valence-electron chi connectivity index (χ0n) is 15.5. The summed E-state index contributed by atoms with van der Waals surface area (Å²) < 4.78 is 6.41. The highest BCUT2D eigenvalue weighted by atomic mass is 16.5. The Bertz CT molecular complexity index is 1010. The molecule has 1 amide bonds. The molecule has 144 valence electrons. The van der Waals surface area contributed by atoms with E-state index in [1.807, 2.05) is 4.90 Å². The minimum absolute atomic E-state index is 0.0198. The monoisotopic (exact) mass is 379 g/mol. The van der Waals surface area contributed by atoms with Crippen molar-refractivity contribution < 1.29 is 9.53 Å². The van der Waals surface area contributed by atoms with Gasteiger partial charge in [0.15, 0.2) is 5.82 Å². The van der Waals surface area contributed by atoms with Crippen LogP contribution in [0.5, 0.6) is 5.75 Å². The first kappa shape index (κ1) is 18.0. The van der Waals surface area contributed by atoms with Crippen LogP contribution in [0.15, 0.2) is 53.5 Å². The second kappa shape index (κ2) is 7.67. The van der Waals surface area contributed by atoms with E-state index >= 15 is 0 Å². The van der Waals surface area contributed by atoms with Crippen molar-refractivity contribution in [2.45, 2.75) is 18.8 Å². The third-order valence-electron chi connectivity index (χ3n) is 4.93. The van der Waals surface area contributed by atoms with Crippen molar-refractivity contribution >= 4 is 5.91 Å². The van der Waals surface area contributed by atoms with Gasteiger partial charge >= 0.3 is 5.69 Å². The highest BCUT2D eigenvalue weighted by Crippen LogP contribution is 2.25. The fourth-order valence-electron chi connectivity index (χ4n) is 3.46. The number of H-pyrrole nitrogens is 1. The van der Waals surface area contributed by atoms with Gasteiger partial charge in [0.25, 0.3) is 5.91 Å². The van der Waals surface area contributed by atoms with Gasteiger partial charge in [-0.2, -0.15) is 4.68 Å². The third-order valence-corrected chi connectivity index (χ3v) is 4.93. The van der Waals surface area contributed by atoms with E-state index in [0.717, 1.165) is 12.8 Å². The van der Waals surface area contributed by atoms with Gasteiger partial charge in [0.2, 0.25) is 0 Å². The summed E-state index contributed by atoms with van der Waals surface area (Å²) in [5, 5.41) is 4.42. The highest BCUT2D eigenvalue weighted by molar-refractivity contribution is 5.94. The van der Waals surface area contributed by atoms with E-state index in [-0.39, 0.29) is 17.5 Å². The maximum atomic E-state index is 12.8. The van der Waals surface area contributed by atoms with E-state index < -0.39 is 0 Å². The molecule has 1 atom stereocenters. The number of piperidine rings is 1. The number of pyridine rings is 1. The van der Waals surface area contributed by atoms with E-state index in [1.165, 1.54) is 4.68 Å². The molecule has 8 heteroatoms. The summed E-state index contributed by atoms with van der Waals surface area (Å²) in [7, 11) is 1.59. The van der Waals surface area contributed by atoms with Gasteiger partial charge in [-0.05, 0) is 49.2 Å². The Labute approximate surface area is 161 Å². The van der Waals surface area contributed by atoms with Crippen LogP contribution in [0, 0.1) is 0 Å². The molecule has 3 heterocycles. The first-order valence-corrected chi connectivity index (χ1v) is 9.19. The maximum absolute atomic E-state index is 12.8.